The molecule has 19 heavy (non-hydrogen) atoms. The van der Waals surface area contributed by atoms with Gasteiger partial charge in [0.15, 0.2) is 5.82 Å². The van der Waals surface area contributed by atoms with Crippen LogP contribution < -0.4 is 16.8 Å². The van der Waals surface area contributed by atoms with Gasteiger partial charge >= 0.3 is 0 Å². The number of nitrogens with zero attached hydrogens (tertiary/aromatic N) is 2. The Morgan fingerprint density at radius 2 is 2.26 bits per heavy atom. The highest BCUT2D eigenvalue weighted by Gasteiger charge is 2.06. The molecule has 2 rings (SSSR count). The van der Waals surface area contributed by atoms with Gasteiger partial charge in [-0.25, -0.2) is 0 Å². The van der Waals surface area contributed by atoms with E-state index in [2.05, 4.69) is 15.5 Å². The molecule has 0 aliphatic rings. The first-order valence-corrected chi connectivity index (χ1v) is 5.78. The van der Waals surface area contributed by atoms with Crippen LogP contribution in [0.2, 0.25) is 0 Å². The van der Waals surface area contributed by atoms with Gasteiger partial charge in [-0.3, -0.25) is 4.79 Å². The lowest BCUT2D eigenvalue weighted by Crippen LogP contribution is -2.13. The molecule has 0 aliphatic heterocycles. The Bertz CT molecular complexity index is 594. The second-order valence-electron chi connectivity index (χ2n) is 4.07. The maximum atomic E-state index is 11.1. The number of nitrogens with two attached hydrogens (primary N) is 2. The molecule has 0 radical (unpaired) electrons. The first-order chi connectivity index (χ1) is 9.06. The first kappa shape index (κ1) is 12.9. The summed E-state index contributed by atoms with van der Waals surface area (Å²) in [5.74, 6) is 0.664. The van der Waals surface area contributed by atoms with E-state index >= 15 is 0 Å². The topological polar surface area (TPSA) is 120 Å². The number of benzene rings is 1. The largest absolute Gasteiger partial charge is 0.397 e. The highest BCUT2D eigenvalue weighted by Crippen LogP contribution is 2.19. The number of aryl methyl sites for hydroxylation is 1. The van der Waals surface area contributed by atoms with Gasteiger partial charge in [-0.05, 0) is 18.2 Å². The molecule has 5 N–H and O–H groups in total. The summed E-state index contributed by atoms with van der Waals surface area (Å²) in [4.78, 5) is 15.2. The second-order valence-corrected chi connectivity index (χ2v) is 4.07. The van der Waals surface area contributed by atoms with E-state index in [9.17, 15) is 4.79 Å². The summed E-state index contributed by atoms with van der Waals surface area (Å²) in [5, 5.41) is 6.90. The Labute approximate surface area is 110 Å². The minimum absolute atomic E-state index is 0.409. The zero-order valence-corrected chi connectivity index (χ0v) is 10.5. The molecule has 1 aromatic carbocycles. The van der Waals surface area contributed by atoms with Crippen molar-refractivity contribution < 1.29 is 9.32 Å². The summed E-state index contributed by atoms with van der Waals surface area (Å²) in [6, 6.07) is 4.85. The van der Waals surface area contributed by atoms with Crippen LogP contribution in [0.3, 0.4) is 0 Å². The molecular formula is C12H15N5O2. The summed E-state index contributed by atoms with van der Waals surface area (Å²) in [5.41, 5.74) is 12.6. The predicted octanol–water partition coefficient (Wildman–Crippen LogP) is 0.714. The van der Waals surface area contributed by atoms with E-state index in [-0.39, 0.29) is 0 Å². The highest BCUT2D eigenvalue weighted by molar-refractivity contribution is 5.94. The van der Waals surface area contributed by atoms with Crippen molar-refractivity contribution in [2.24, 2.45) is 5.73 Å². The summed E-state index contributed by atoms with van der Waals surface area (Å²) in [6.45, 7) is 2.31. The smallest absolute Gasteiger partial charge is 0.248 e. The zero-order chi connectivity index (χ0) is 13.8. The average molecular weight is 261 g/mol. The number of hydrogen-bond acceptors (Lipinski definition) is 6. The fraction of sp³-hybridized carbons (Fsp3) is 0.250. The van der Waals surface area contributed by atoms with E-state index in [1.807, 2.05) is 0 Å². The van der Waals surface area contributed by atoms with Crippen LogP contribution in [0.25, 0.3) is 0 Å². The number of primary amides is 1. The van der Waals surface area contributed by atoms with Gasteiger partial charge in [-0.15, -0.1) is 0 Å². The zero-order valence-electron chi connectivity index (χ0n) is 10.5. The summed E-state index contributed by atoms with van der Waals surface area (Å²) >= 11 is 0. The lowest BCUT2D eigenvalue weighted by molar-refractivity contribution is 0.100. The van der Waals surface area contributed by atoms with Crippen LogP contribution in [0.1, 0.15) is 22.1 Å². The van der Waals surface area contributed by atoms with Crippen LogP contribution in [0, 0.1) is 6.92 Å². The molecule has 0 atom stereocenters. The maximum Gasteiger partial charge on any atom is 0.248 e. The number of nitrogens with one attached hydrogen (secondary N) is 1. The van der Waals surface area contributed by atoms with Gasteiger partial charge in [0.2, 0.25) is 11.8 Å². The molecule has 1 amide bonds. The summed E-state index contributed by atoms with van der Waals surface area (Å²) in [6.07, 6.45) is 0.595. The van der Waals surface area contributed by atoms with Gasteiger partial charge in [0.1, 0.15) is 0 Å². The normalized spacial score (nSPS) is 10.4. The molecule has 7 nitrogen and oxygen atoms in total. The third-order valence-corrected chi connectivity index (χ3v) is 2.57. The molecule has 0 bridgehead atoms. The first-order valence-electron chi connectivity index (χ1n) is 5.78. The molecular weight excluding hydrogens is 246 g/mol. The van der Waals surface area contributed by atoms with Crippen molar-refractivity contribution in [2.45, 2.75) is 13.3 Å². The van der Waals surface area contributed by atoms with Crippen molar-refractivity contribution in [1.82, 2.24) is 10.1 Å². The standard InChI is InChI=1S/C12H15N5O2/c1-7-16-11(17-19-7)4-5-15-10-6-8(12(14)18)2-3-9(10)13/h2-3,6,15H,4-5,13H2,1H3,(H2,14,18). The van der Waals surface area contributed by atoms with E-state index in [0.29, 0.717) is 41.6 Å². The number of carbonyl (C=O) groups excluding carboxylic acids is 1. The van der Waals surface area contributed by atoms with E-state index in [4.69, 9.17) is 16.0 Å². The minimum Gasteiger partial charge on any atom is -0.397 e. The van der Waals surface area contributed by atoms with Crippen molar-refractivity contribution in [2.75, 3.05) is 17.6 Å². The fourth-order valence-electron chi connectivity index (χ4n) is 1.61. The van der Waals surface area contributed by atoms with Crippen molar-refractivity contribution in [3.63, 3.8) is 0 Å². The summed E-state index contributed by atoms with van der Waals surface area (Å²) in [7, 11) is 0. The van der Waals surface area contributed by atoms with Gasteiger partial charge in [-0.1, -0.05) is 5.16 Å². The van der Waals surface area contributed by atoms with E-state index < -0.39 is 5.91 Å². The number of carbonyl (C=O) groups is 1. The van der Waals surface area contributed by atoms with Crippen LogP contribution >= 0.6 is 0 Å². The molecule has 0 spiro atoms. The average Bonchev–Trinajstić information content (AvgIpc) is 2.77. The molecule has 0 aliphatic carbocycles. The quantitative estimate of drug-likeness (QED) is 0.682. The Kier molecular flexibility index (Phi) is 3.65. The highest BCUT2D eigenvalue weighted by atomic mass is 16.5. The molecule has 0 saturated carbocycles. The van der Waals surface area contributed by atoms with Crippen LogP contribution in [-0.2, 0) is 6.42 Å². The number of rotatable bonds is 5. The lowest BCUT2D eigenvalue weighted by atomic mass is 10.1. The Hall–Kier alpha value is -2.57. The van der Waals surface area contributed by atoms with Crippen LogP contribution in [-0.4, -0.2) is 22.6 Å². The Balaban J connectivity index is 1.99. The molecule has 100 valence electrons. The number of nitrogen functional groups attached to an aromatic ring is 1. The van der Waals surface area contributed by atoms with E-state index in [0.717, 1.165) is 0 Å². The number of aromatic nitrogens is 2. The van der Waals surface area contributed by atoms with Crippen LogP contribution in [0.5, 0.6) is 0 Å². The predicted molar refractivity (Wildman–Crippen MR) is 70.6 cm³/mol. The third kappa shape index (κ3) is 3.21. The third-order valence-electron chi connectivity index (χ3n) is 2.57. The Morgan fingerprint density at radius 3 is 2.89 bits per heavy atom. The van der Waals surface area contributed by atoms with Gasteiger partial charge in [0.25, 0.3) is 0 Å². The van der Waals surface area contributed by atoms with E-state index in [1.165, 1.54) is 0 Å². The van der Waals surface area contributed by atoms with Crippen molar-refractivity contribution >= 4 is 17.3 Å². The number of hydrogen-bond donors (Lipinski definition) is 3. The van der Waals surface area contributed by atoms with Crippen LogP contribution in [0.4, 0.5) is 11.4 Å². The fourth-order valence-corrected chi connectivity index (χ4v) is 1.61. The van der Waals surface area contributed by atoms with Crippen molar-refractivity contribution in [3.8, 4) is 0 Å². The second kappa shape index (κ2) is 5.38. The molecule has 0 saturated heterocycles. The van der Waals surface area contributed by atoms with Gasteiger partial charge in [0.05, 0.1) is 11.4 Å². The number of anilines is 2. The molecule has 1 aromatic heterocycles. The molecule has 7 heteroatoms. The lowest BCUT2D eigenvalue weighted by Gasteiger charge is -2.09. The molecule has 1 heterocycles. The maximum absolute atomic E-state index is 11.1. The van der Waals surface area contributed by atoms with Crippen molar-refractivity contribution in [1.29, 1.82) is 0 Å². The van der Waals surface area contributed by atoms with E-state index in [1.54, 1.807) is 25.1 Å². The number of amides is 1. The van der Waals surface area contributed by atoms with Gasteiger partial charge in [-0.2, -0.15) is 4.98 Å². The molecule has 2 aromatic rings. The Morgan fingerprint density at radius 1 is 1.47 bits per heavy atom. The van der Waals surface area contributed by atoms with Crippen LogP contribution in [0.15, 0.2) is 22.7 Å². The van der Waals surface area contributed by atoms with Crippen molar-refractivity contribution in [3.05, 3.63) is 35.5 Å². The monoisotopic (exact) mass is 261 g/mol. The molecule has 0 unspecified atom stereocenters. The van der Waals surface area contributed by atoms with Gasteiger partial charge in [0, 0.05) is 25.5 Å². The van der Waals surface area contributed by atoms with Gasteiger partial charge < -0.3 is 21.3 Å². The SMILES string of the molecule is Cc1nc(CCNc2cc(C(N)=O)ccc2N)no1. The summed E-state index contributed by atoms with van der Waals surface area (Å²) < 4.78 is 4.87. The minimum atomic E-state index is -0.489. The molecule has 0 fully saturated rings.